The number of primary amides is 1. The molecular formula is C17H21N3O2S. The van der Waals surface area contributed by atoms with Gasteiger partial charge in [-0.15, -0.1) is 11.3 Å². The van der Waals surface area contributed by atoms with Crippen LogP contribution in [-0.4, -0.2) is 36.9 Å². The van der Waals surface area contributed by atoms with Gasteiger partial charge in [0.15, 0.2) is 0 Å². The zero-order valence-corrected chi connectivity index (χ0v) is 14.1. The van der Waals surface area contributed by atoms with Gasteiger partial charge in [-0.25, -0.2) is 0 Å². The minimum absolute atomic E-state index is 0.0572. The van der Waals surface area contributed by atoms with Crippen molar-refractivity contribution in [1.29, 1.82) is 0 Å². The van der Waals surface area contributed by atoms with Crippen molar-refractivity contribution in [2.75, 3.05) is 20.1 Å². The van der Waals surface area contributed by atoms with Gasteiger partial charge in [0.2, 0.25) is 11.8 Å². The lowest BCUT2D eigenvalue weighted by Crippen LogP contribution is -2.40. The van der Waals surface area contributed by atoms with Gasteiger partial charge in [-0.1, -0.05) is 35.9 Å². The van der Waals surface area contributed by atoms with Crippen LogP contribution in [0.1, 0.15) is 22.0 Å². The number of hydrogen-bond acceptors (Lipinski definition) is 4. The van der Waals surface area contributed by atoms with Crippen molar-refractivity contribution in [2.45, 2.75) is 13.0 Å². The predicted octanol–water partition coefficient (Wildman–Crippen LogP) is 1.68. The first kappa shape index (κ1) is 17.2. The first-order valence-corrected chi connectivity index (χ1v) is 8.20. The average molecular weight is 331 g/mol. The number of hydrogen-bond donors (Lipinski definition) is 2. The third-order valence-electron chi connectivity index (χ3n) is 3.38. The number of carbonyl (C=O) groups excluding carboxylic acids is 2. The number of rotatable bonds is 7. The van der Waals surface area contributed by atoms with E-state index in [0.29, 0.717) is 0 Å². The average Bonchev–Trinajstić information content (AvgIpc) is 2.98. The normalized spacial score (nSPS) is 12.1. The molecule has 2 amide bonds. The maximum atomic E-state index is 12.3. The minimum atomic E-state index is -0.450. The van der Waals surface area contributed by atoms with E-state index in [1.165, 1.54) is 5.56 Å². The fraction of sp³-hybridized carbons (Fsp3) is 0.294. The molecule has 2 aromatic rings. The zero-order valence-electron chi connectivity index (χ0n) is 13.3. The molecule has 0 aliphatic rings. The summed E-state index contributed by atoms with van der Waals surface area (Å²) in [5, 5.41) is 5.03. The van der Waals surface area contributed by atoms with Gasteiger partial charge in [0.25, 0.3) is 0 Å². The molecule has 0 saturated carbocycles. The lowest BCUT2D eigenvalue weighted by Gasteiger charge is -2.20. The fourth-order valence-electron chi connectivity index (χ4n) is 2.31. The summed E-state index contributed by atoms with van der Waals surface area (Å²) < 4.78 is 0. The molecule has 122 valence electrons. The van der Waals surface area contributed by atoms with Crippen LogP contribution in [0.3, 0.4) is 0 Å². The molecule has 0 fully saturated rings. The van der Waals surface area contributed by atoms with Gasteiger partial charge < -0.3 is 11.1 Å². The maximum absolute atomic E-state index is 12.3. The molecule has 1 aromatic carbocycles. The van der Waals surface area contributed by atoms with E-state index < -0.39 is 5.91 Å². The van der Waals surface area contributed by atoms with E-state index in [0.717, 1.165) is 10.4 Å². The zero-order chi connectivity index (χ0) is 16.8. The van der Waals surface area contributed by atoms with E-state index in [1.54, 1.807) is 23.3 Å². The summed E-state index contributed by atoms with van der Waals surface area (Å²) >= 11 is 1.60. The molecule has 0 saturated heterocycles. The van der Waals surface area contributed by atoms with Gasteiger partial charge in [0.1, 0.15) is 0 Å². The second kappa shape index (κ2) is 7.89. The molecule has 0 spiro atoms. The highest BCUT2D eigenvalue weighted by Gasteiger charge is 2.19. The first-order chi connectivity index (χ1) is 11.0. The second-order valence-corrected chi connectivity index (χ2v) is 6.54. The van der Waals surface area contributed by atoms with Crippen LogP contribution in [0.15, 0.2) is 41.8 Å². The fourth-order valence-corrected chi connectivity index (χ4v) is 3.11. The smallest absolute Gasteiger partial charge is 0.234 e. The Labute approximate surface area is 140 Å². The molecule has 5 nitrogen and oxygen atoms in total. The topological polar surface area (TPSA) is 75.4 Å². The van der Waals surface area contributed by atoms with E-state index in [2.05, 4.69) is 5.32 Å². The van der Waals surface area contributed by atoms with Crippen LogP contribution in [-0.2, 0) is 9.59 Å². The SMILES string of the molecule is Cc1ccc([C@@H](NC(=O)CN(C)CC(N)=O)c2cccs2)cc1. The number of likely N-dealkylation sites (N-methyl/N-ethyl adjacent to an activating group) is 1. The molecule has 6 heteroatoms. The number of benzene rings is 1. The molecule has 1 heterocycles. The summed E-state index contributed by atoms with van der Waals surface area (Å²) in [6.07, 6.45) is 0. The molecule has 0 unspecified atom stereocenters. The van der Waals surface area contributed by atoms with Crippen LogP contribution in [0.2, 0.25) is 0 Å². The molecule has 3 N–H and O–H groups in total. The van der Waals surface area contributed by atoms with E-state index in [1.807, 2.05) is 48.7 Å². The van der Waals surface area contributed by atoms with Crippen LogP contribution in [0.4, 0.5) is 0 Å². The van der Waals surface area contributed by atoms with Crippen molar-refractivity contribution in [3.63, 3.8) is 0 Å². The van der Waals surface area contributed by atoms with E-state index in [9.17, 15) is 9.59 Å². The largest absolute Gasteiger partial charge is 0.369 e. The summed E-state index contributed by atoms with van der Waals surface area (Å²) in [7, 11) is 1.69. The Morgan fingerprint density at radius 1 is 1.22 bits per heavy atom. The van der Waals surface area contributed by atoms with Crippen molar-refractivity contribution in [1.82, 2.24) is 10.2 Å². The number of thiophene rings is 1. The van der Waals surface area contributed by atoms with Crippen LogP contribution in [0, 0.1) is 6.92 Å². The number of nitrogens with one attached hydrogen (secondary N) is 1. The van der Waals surface area contributed by atoms with Crippen LogP contribution in [0.5, 0.6) is 0 Å². The summed E-state index contributed by atoms with van der Waals surface area (Å²) in [4.78, 5) is 25.8. The molecule has 0 aliphatic heterocycles. The lowest BCUT2D eigenvalue weighted by molar-refractivity contribution is -0.123. The Morgan fingerprint density at radius 3 is 2.48 bits per heavy atom. The summed E-state index contributed by atoms with van der Waals surface area (Å²) in [6, 6.07) is 11.9. The Kier molecular flexibility index (Phi) is 5.90. The van der Waals surface area contributed by atoms with Crippen LogP contribution in [0.25, 0.3) is 0 Å². The van der Waals surface area contributed by atoms with E-state index in [4.69, 9.17) is 5.73 Å². The van der Waals surface area contributed by atoms with Crippen LogP contribution < -0.4 is 11.1 Å². The highest BCUT2D eigenvalue weighted by Crippen LogP contribution is 2.26. The van der Waals surface area contributed by atoms with Gasteiger partial charge >= 0.3 is 0 Å². The first-order valence-electron chi connectivity index (χ1n) is 7.32. The molecule has 2 rings (SSSR count). The van der Waals surface area contributed by atoms with Gasteiger partial charge in [-0.2, -0.15) is 0 Å². The monoisotopic (exact) mass is 331 g/mol. The van der Waals surface area contributed by atoms with Crippen molar-refractivity contribution < 1.29 is 9.59 Å². The standard InChI is InChI=1S/C17H21N3O2S/c1-12-5-7-13(8-6-12)17(14-4-3-9-23-14)19-16(22)11-20(2)10-15(18)21/h3-9,17H,10-11H2,1-2H3,(H2,18,21)(H,19,22)/t17-/m1/s1. The van der Waals surface area contributed by atoms with Gasteiger partial charge in [0, 0.05) is 4.88 Å². The van der Waals surface area contributed by atoms with E-state index >= 15 is 0 Å². The van der Waals surface area contributed by atoms with Crippen molar-refractivity contribution in [3.05, 3.63) is 57.8 Å². The third kappa shape index (κ3) is 5.19. The number of nitrogens with two attached hydrogens (primary N) is 1. The number of amides is 2. The summed E-state index contributed by atoms with van der Waals surface area (Å²) in [6.45, 7) is 2.21. The Hall–Kier alpha value is -2.18. The molecule has 0 radical (unpaired) electrons. The third-order valence-corrected chi connectivity index (χ3v) is 4.32. The number of carbonyl (C=O) groups is 2. The second-order valence-electron chi connectivity index (χ2n) is 5.57. The van der Waals surface area contributed by atoms with Crippen LogP contribution >= 0.6 is 11.3 Å². The van der Waals surface area contributed by atoms with Crippen molar-refractivity contribution >= 4 is 23.2 Å². The number of aryl methyl sites for hydroxylation is 1. The molecule has 1 aromatic heterocycles. The quantitative estimate of drug-likeness (QED) is 0.810. The molecule has 0 bridgehead atoms. The van der Waals surface area contributed by atoms with E-state index in [-0.39, 0.29) is 25.0 Å². The number of nitrogens with zero attached hydrogens (tertiary/aromatic N) is 1. The highest BCUT2D eigenvalue weighted by molar-refractivity contribution is 7.10. The van der Waals surface area contributed by atoms with Gasteiger partial charge in [0.05, 0.1) is 19.1 Å². The highest BCUT2D eigenvalue weighted by atomic mass is 32.1. The van der Waals surface area contributed by atoms with Gasteiger partial charge in [-0.05, 0) is 31.0 Å². The Bertz CT molecular complexity index is 653. The predicted molar refractivity (Wildman–Crippen MR) is 92.2 cm³/mol. The van der Waals surface area contributed by atoms with Crippen molar-refractivity contribution in [3.8, 4) is 0 Å². The Morgan fingerprint density at radius 2 is 1.91 bits per heavy atom. The molecular weight excluding hydrogens is 310 g/mol. The molecule has 1 atom stereocenters. The maximum Gasteiger partial charge on any atom is 0.234 e. The lowest BCUT2D eigenvalue weighted by atomic mass is 10.0. The Balaban J connectivity index is 2.11. The van der Waals surface area contributed by atoms with Gasteiger partial charge in [-0.3, -0.25) is 14.5 Å². The minimum Gasteiger partial charge on any atom is -0.369 e. The molecule has 23 heavy (non-hydrogen) atoms. The van der Waals surface area contributed by atoms with Crippen molar-refractivity contribution in [2.24, 2.45) is 5.73 Å². The summed E-state index contributed by atoms with van der Waals surface area (Å²) in [5.74, 6) is -0.596. The molecule has 0 aliphatic carbocycles. The summed E-state index contributed by atoms with van der Waals surface area (Å²) in [5.41, 5.74) is 7.35.